The van der Waals surface area contributed by atoms with Crippen LogP contribution in [0.25, 0.3) is 0 Å². The molecule has 1 aliphatic rings. The summed E-state index contributed by atoms with van der Waals surface area (Å²) < 4.78 is 31.4. The smallest absolute Gasteiger partial charge is 0.254 e. The topological polar surface area (TPSA) is 105 Å². The number of nitrogens with one attached hydrogen (secondary N) is 2. The first kappa shape index (κ1) is 25.3. The number of unbranched alkanes of at least 4 members (excludes halogenated alkanes) is 1. The summed E-state index contributed by atoms with van der Waals surface area (Å²) in [5, 5.41) is 2.82. The number of hydrogen-bond donors (Lipinski definition) is 2. The second-order valence-corrected chi connectivity index (χ2v) is 11.6. The molecule has 0 bridgehead atoms. The molecule has 2 unspecified atom stereocenters. The van der Waals surface area contributed by atoms with Gasteiger partial charge in [0.05, 0.1) is 17.0 Å². The van der Waals surface area contributed by atoms with Gasteiger partial charge in [0, 0.05) is 37.3 Å². The van der Waals surface area contributed by atoms with Crippen LogP contribution in [-0.4, -0.2) is 61.7 Å². The average molecular weight is 454 g/mol. The fraction of sp³-hybridized carbons (Fsp3) is 0.636. The van der Waals surface area contributed by atoms with Gasteiger partial charge >= 0.3 is 0 Å². The SMILES string of the molecule is CC1CN(C(=O)c2cccc(NC(=O)CCCCNS(=O)(=O)C(C)(C)C)c2)CC(C)O1. The Bertz CT molecular complexity index is 869. The van der Waals surface area contributed by atoms with Crippen LogP contribution in [0.3, 0.4) is 0 Å². The zero-order valence-corrected chi connectivity index (χ0v) is 19.9. The van der Waals surface area contributed by atoms with Crippen LogP contribution in [-0.2, 0) is 19.6 Å². The van der Waals surface area contributed by atoms with E-state index in [0.717, 1.165) is 0 Å². The predicted octanol–water partition coefficient (Wildman–Crippen LogP) is 2.76. The lowest BCUT2D eigenvalue weighted by Crippen LogP contribution is -2.48. The van der Waals surface area contributed by atoms with E-state index in [1.165, 1.54) is 0 Å². The van der Waals surface area contributed by atoms with Gasteiger partial charge in [-0.2, -0.15) is 0 Å². The number of benzene rings is 1. The summed E-state index contributed by atoms with van der Waals surface area (Å²) in [6.07, 6.45) is 1.37. The lowest BCUT2D eigenvalue weighted by atomic mass is 10.1. The standard InChI is InChI=1S/C22H35N3O5S/c1-16-14-25(15-17(2)30-16)21(27)18-9-8-10-19(13-18)24-20(26)11-6-7-12-23-31(28,29)22(3,4)5/h8-10,13,16-17,23H,6-7,11-12,14-15H2,1-5H3,(H,24,26). The third-order valence-corrected chi connectivity index (χ3v) is 7.23. The number of anilines is 1. The number of ether oxygens (including phenoxy) is 1. The van der Waals surface area contributed by atoms with Crippen LogP contribution in [0.15, 0.2) is 24.3 Å². The summed E-state index contributed by atoms with van der Waals surface area (Å²) in [6, 6.07) is 6.92. The van der Waals surface area contributed by atoms with Gasteiger partial charge in [0.15, 0.2) is 0 Å². The number of carbonyl (C=O) groups is 2. The summed E-state index contributed by atoms with van der Waals surface area (Å²) in [5.41, 5.74) is 1.09. The van der Waals surface area contributed by atoms with Crippen molar-refractivity contribution in [2.75, 3.05) is 25.0 Å². The molecule has 1 saturated heterocycles. The second kappa shape index (κ2) is 10.6. The highest BCUT2D eigenvalue weighted by Gasteiger charge is 2.28. The molecule has 174 valence electrons. The molecule has 1 heterocycles. The molecule has 0 saturated carbocycles. The van der Waals surface area contributed by atoms with Crippen molar-refractivity contribution < 1.29 is 22.7 Å². The fourth-order valence-corrected chi connectivity index (χ4v) is 4.16. The lowest BCUT2D eigenvalue weighted by molar-refractivity contribution is -0.116. The van der Waals surface area contributed by atoms with Crippen LogP contribution in [0.1, 0.15) is 64.2 Å². The minimum atomic E-state index is -3.37. The summed E-state index contributed by atoms with van der Waals surface area (Å²) in [5.74, 6) is -0.249. The molecule has 8 nitrogen and oxygen atoms in total. The zero-order valence-electron chi connectivity index (χ0n) is 19.1. The molecule has 2 N–H and O–H groups in total. The summed E-state index contributed by atoms with van der Waals surface area (Å²) in [7, 11) is -3.37. The summed E-state index contributed by atoms with van der Waals surface area (Å²) in [4.78, 5) is 26.8. The molecular weight excluding hydrogens is 418 g/mol. The minimum absolute atomic E-state index is 0.0107. The predicted molar refractivity (Wildman–Crippen MR) is 122 cm³/mol. The van der Waals surface area contributed by atoms with Gasteiger partial charge in [-0.25, -0.2) is 13.1 Å². The van der Waals surface area contributed by atoms with Crippen molar-refractivity contribution in [1.82, 2.24) is 9.62 Å². The largest absolute Gasteiger partial charge is 0.372 e. The normalized spacial score (nSPS) is 19.8. The van der Waals surface area contributed by atoms with Gasteiger partial charge in [-0.15, -0.1) is 0 Å². The number of carbonyl (C=O) groups excluding carboxylic acids is 2. The molecule has 1 aromatic carbocycles. The summed E-state index contributed by atoms with van der Waals surface area (Å²) in [6.45, 7) is 10.2. The Hall–Kier alpha value is -1.97. The maximum Gasteiger partial charge on any atom is 0.254 e. The highest BCUT2D eigenvalue weighted by Crippen LogP contribution is 2.18. The highest BCUT2D eigenvalue weighted by molar-refractivity contribution is 7.90. The second-order valence-electron chi connectivity index (χ2n) is 9.06. The number of nitrogens with zero attached hydrogens (tertiary/aromatic N) is 1. The van der Waals surface area contributed by atoms with E-state index in [2.05, 4.69) is 10.0 Å². The van der Waals surface area contributed by atoms with E-state index in [1.54, 1.807) is 49.9 Å². The van der Waals surface area contributed by atoms with E-state index in [-0.39, 0.29) is 30.4 Å². The number of rotatable bonds is 8. The Morgan fingerprint density at radius 3 is 2.39 bits per heavy atom. The van der Waals surface area contributed by atoms with E-state index >= 15 is 0 Å². The maximum atomic E-state index is 12.8. The Balaban J connectivity index is 1.82. The van der Waals surface area contributed by atoms with Crippen LogP contribution in [0, 0.1) is 0 Å². The zero-order chi connectivity index (χ0) is 23.2. The van der Waals surface area contributed by atoms with E-state index in [0.29, 0.717) is 43.7 Å². The van der Waals surface area contributed by atoms with Crippen LogP contribution in [0.2, 0.25) is 0 Å². The Morgan fingerprint density at radius 2 is 1.77 bits per heavy atom. The number of hydrogen-bond acceptors (Lipinski definition) is 5. The molecule has 2 atom stereocenters. The van der Waals surface area contributed by atoms with E-state index < -0.39 is 14.8 Å². The fourth-order valence-electron chi connectivity index (χ4n) is 3.31. The maximum absolute atomic E-state index is 12.8. The Labute approximate surface area is 185 Å². The van der Waals surface area contributed by atoms with Crippen molar-refractivity contribution in [3.63, 3.8) is 0 Å². The Kier molecular flexibility index (Phi) is 8.62. The molecule has 0 spiro atoms. The van der Waals surface area contributed by atoms with E-state index in [4.69, 9.17) is 4.74 Å². The third-order valence-electron chi connectivity index (χ3n) is 5.03. The third kappa shape index (κ3) is 7.59. The Morgan fingerprint density at radius 1 is 1.13 bits per heavy atom. The van der Waals surface area contributed by atoms with Gasteiger partial charge in [0.2, 0.25) is 15.9 Å². The molecule has 2 amide bonds. The molecule has 0 radical (unpaired) electrons. The highest BCUT2D eigenvalue weighted by atomic mass is 32.2. The molecule has 2 rings (SSSR count). The molecule has 1 fully saturated rings. The molecule has 1 aliphatic heterocycles. The van der Waals surface area contributed by atoms with Crippen LogP contribution in [0.5, 0.6) is 0 Å². The number of amides is 2. The van der Waals surface area contributed by atoms with E-state index in [9.17, 15) is 18.0 Å². The first-order valence-electron chi connectivity index (χ1n) is 10.7. The van der Waals surface area contributed by atoms with Gasteiger partial charge in [-0.1, -0.05) is 6.07 Å². The van der Waals surface area contributed by atoms with Gasteiger partial charge < -0.3 is 15.0 Å². The van der Waals surface area contributed by atoms with E-state index in [1.807, 2.05) is 13.8 Å². The van der Waals surface area contributed by atoms with Crippen molar-refractivity contribution in [3.8, 4) is 0 Å². The van der Waals surface area contributed by atoms with Gasteiger partial charge in [-0.05, 0) is 65.7 Å². The lowest BCUT2D eigenvalue weighted by Gasteiger charge is -2.35. The van der Waals surface area contributed by atoms with Crippen molar-refractivity contribution in [2.45, 2.75) is 70.8 Å². The number of morpholine rings is 1. The molecule has 0 aliphatic carbocycles. The number of sulfonamides is 1. The first-order valence-corrected chi connectivity index (χ1v) is 12.2. The van der Waals surface area contributed by atoms with Crippen molar-refractivity contribution in [1.29, 1.82) is 0 Å². The average Bonchev–Trinajstić information content (AvgIpc) is 2.65. The quantitative estimate of drug-likeness (QED) is 0.589. The molecule has 0 aromatic heterocycles. The molecule has 9 heteroatoms. The first-order chi connectivity index (χ1) is 14.4. The van der Waals surface area contributed by atoms with Gasteiger partial charge in [0.1, 0.15) is 0 Å². The van der Waals surface area contributed by atoms with Gasteiger partial charge in [-0.3, -0.25) is 9.59 Å². The summed E-state index contributed by atoms with van der Waals surface area (Å²) >= 11 is 0. The molecule has 1 aromatic rings. The molecular formula is C22H35N3O5S. The van der Waals surface area contributed by atoms with Gasteiger partial charge in [0.25, 0.3) is 5.91 Å². The van der Waals surface area contributed by atoms with Crippen molar-refractivity contribution in [3.05, 3.63) is 29.8 Å². The van der Waals surface area contributed by atoms with Crippen LogP contribution < -0.4 is 10.0 Å². The van der Waals surface area contributed by atoms with Crippen LogP contribution in [0.4, 0.5) is 5.69 Å². The van der Waals surface area contributed by atoms with Crippen molar-refractivity contribution >= 4 is 27.5 Å². The van der Waals surface area contributed by atoms with Crippen LogP contribution >= 0.6 is 0 Å². The minimum Gasteiger partial charge on any atom is -0.372 e. The monoisotopic (exact) mass is 453 g/mol. The van der Waals surface area contributed by atoms with Crippen molar-refractivity contribution in [2.24, 2.45) is 0 Å². The molecule has 31 heavy (non-hydrogen) atoms.